The van der Waals surface area contributed by atoms with Crippen molar-refractivity contribution in [2.45, 2.75) is 135 Å². The maximum atomic E-state index is 12.7. The number of rotatable bonds is 36. The van der Waals surface area contributed by atoms with Crippen molar-refractivity contribution in [3.63, 3.8) is 0 Å². The normalized spacial score (nSPS) is 15.1. The summed E-state index contributed by atoms with van der Waals surface area (Å²) in [6, 6.07) is 0. The third kappa shape index (κ3) is 40.9. The Morgan fingerprint density at radius 1 is 0.632 bits per heavy atom. The maximum Gasteiger partial charge on any atom is 0.472 e. The molecule has 57 heavy (non-hydrogen) atoms. The molecule has 0 bridgehead atoms. The highest BCUT2D eigenvalue weighted by molar-refractivity contribution is 7.47. The second-order valence-electron chi connectivity index (χ2n) is 14.8. The zero-order valence-corrected chi connectivity index (χ0v) is 36.8. The number of aliphatic hydroxyl groups excluding tert-OH is 1. The summed E-state index contributed by atoms with van der Waals surface area (Å²) >= 11 is 0. The lowest BCUT2D eigenvalue weighted by atomic mass is 10.1. The molecule has 0 spiro atoms. The Bertz CT molecular complexity index is 1310. The standard InChI is InChI=1S/C46H76NO9P/c1-6-8-9-10-11-12-13-14-15-18-21-24-27-30-33-37-45(49)53-41-44(42-55-57(51,52)54-40-39-47(3,4)5)56-46(50)38-34-31-28-25-22-19-16-17-20-23-26-29-32-36-43(48)35-7-2/h8-9,11-12,14-16,19-21,23-25,28-29,32,43-44,48H,6-7,10,13,17-18,22,26-27,30-31,33-42H2,1-5H3/p+1/b9-8-,12-11-,15-14-,19-16-,23-20-,24-21-,28-25-,32-29-/t43?,44-/m1/s1. The number of esters is 2. The van der Waals surface area contributed by atoms with Crippen LogP contribution in [0.15, 0.2) is 97.2 Å². The summed E-state index contributed by atoms with van der Waals surface area (Å²) in [5, 5.41) is 9.73. The van der Waals surface area contributed by atoms with Gasteiger partial charge in [0.1, 0.15) is 19.8 Å². The molecule has 0 rings (SSSR count). The molecule has 0 aromatic carbocycles. The van der Waals surface area contributed by atoms with Crippen molar-refractivity contribution in [2.75, 3.05) is 47.5 Å². The smallest absolute Gasteiger partial charge is 0.462 e. The summed E-state index contributed by atoms with van der Waals surface area (Å²) in [5.41, 5.74) is 0. The zero-order chi connectivity index (χ0) is 42.3. The van der Waals surface area contributed by atoms with Gasteiger partial charge in [0.15, 0.2) is 6.10 Å². The van der Waals surface area contributed by atoms with Crippen LogP contribution in [0.3, 0.4) is 0 Å². The van der Waals surface area contributed by atoms with Crippen LogP contribution >= 0.6 is 7.82 Å². The lowest BCUT2D eigenvalue weighted by Gasteiger charge is -2.24. The largest absolute Gasteiger partial charge is 0.472 e. The molecule has 324 valence electrons. The van der Waals surface area contributed by atoms with E-state index in [0.29, 0.717) is 36.7 Å². The Kier molecular flexibility index (Phi) is 35.2. The molecule has 0 amide bonds. The SMILES string of the molecule is CC/C=C\C/C=C\C/C=C\C/C=C\CCCCC(=O)OC[C@H](COP(=O)(O)OCC[N+](C)(C)C)OC(=O)CCC/C=C\C/C=C\C/C=C\C/C=C\CC(O)CCC. The van der Waals surface area contributed by atoms with Crippen molar-refractivity contribution in [3.8, 4) is 0 Å². The van der Waals surface area contributed by atoms with Gasteiger partial charge in [-0.1, -0.05) is 117 Å². The maximum absolute atomic E-state index is 12.7. The molecule has 0 aromatic heterocycles. The van der Waals surface area contributed by atoms with E-state index in [4.69, 9.17) is 18.5 Å². The number of carbonyl (C=O) groups is 2. The van der Waals surface area contributed by atoms with E-state index < -0.39 is 32.5 Å². The Labute approximate surface area is 346 Å². The van der Waals surface area contributed by atoms with E-state index in [2.05, 4.69) is 92.8 Å². The fourth-order valence-electron chi connectivity index (χ4n) is 4.89. The first-order chi connectivity index (χ1) is 27.4. The number of quaternary nitrogens is 1. The molecule has 0 radical (unpaired) electrons. The minimum atomic E-state index is -4.41. The van der Waals surface area contributed by atoms with Gasteiger partial charge in [0, 0.05) is 12.8 Å². The first-order valence-corrected chi connectivity index (χ1v) is 22.5. The molecule has 2 N–H and O–H groups in total. The van der Waals surface area contributed by atoms with E-state index in [1.807, 2.05) is 39.4 Å². The molecule has 0 aliphatic rings. The number of unbranched alkanes of at least 4 members (excludes halogenated alkanes) is 3. The van der Waals surface area contributed by atoms with Gasteiger partial charge in [0.25, 0.3) is 0 Å². The van der Waals surface area contributed by atoms with Crippen LogP contribution in [0.1, 0.15) is 123 Å². The lowest BCUT2D eigenvalue weighted by Crippen LogP contribution is -2.37. The zero-order valence-electron chi connectivity index (χ0n) is 35.9. The van der Waals surface area contributed by atoms with Gasteiger partial charge < -0.3 is 24.0 Å². The van der Waals surface area contributed by atoms with Crippen molar-refractivity contribution in [2.24, 2.45) is 0 Å². The lowest BCUT2D eigenvalue weighted by molar-refractivity contribution is -0.870. The van der Waals surface area contributed by atoms with Gasteiger partial charge in [0.2, 0.25) is 0 Å². The van der Waals surface area contributed by atoms with Gasteiger partial charge >= 0.3 is 19.8 Å². The van der Waals surface area contributed by atoms with Crippen LogP contribution in [0.4, 0.5) is 0 Å². The van der Waals surface area contributed by atoms with Gasteiger partial charge in [-0.25, -0.2) is 4.57 Å². The number of nitrogens with zero attached hydrogens (tertiary/aromatic N) is 1. The highest BCUT2D eigenvalue weighted by Crippen LogP contribution is 2.43. The molecule has 3 atom stereocenters. The third-order valence-corrected chi connectivity index (χ3v) is 9.14. The Morgan fingerprint density at radius 3 is 1.65 bits per heavy atom. The average Bonchev–Trinajstić information content (AvgIpc) is 3.15. The highest BCUT2D eigenvalue weighted by Gasteiger charge is 2.27. The summed E-state index contributed by atoms with van der Waals surface area (Å²) in [6.07, 6.45) is 45.3. The third-order valence-electron chi connectivity index (χ3n) is 8.15. The number of phosphoric acid groups is 1. The van der Waals surface area contributed by atoms with Crippen LogP contribution < -0.4 is 0 Å². The number of phosphoric ester groups is 1. The molecule has 10 nitrogen and oxygen atoms in total. The van der Waals surface area contributed by atoms with Crippen LogP contribution in [0.5, 0.6) is 0 Å². The molecule has 0 aliphatic carbocycles. The fraction of sp³-hybridized carbons (Fsp3) is 0.609. The van der Waals surface area contributed by atoms with Crippen LogP contribution in [0, 0.1) is 0 Å². The number of aliphatic hydroxyl groups is 1. The topological polar surface area (TPSA) is 129 Å². The molecule has 0 fully saturated rings. The summed E-state index contributed by atoms with van der Waals surface area (Å²) in [6.45, 7) is 3.94. The number of ether oxygens (including phenoxy) is 2. The average molecular weight is 819 g/mol. The number of allylic oxidation sites excluding steroid dienone is 15. The van der Waals surface area contributed by atoms with Crippen LogP contribution in [-0.2, 0) is 32.7 Å². The molecular formula is C46H77NO9P+. The van der Waals surface area contributed by atoms with E-state index in [9.17, 15) is 24.2 Å². The number of hydrogen-bond donors (Lipinski definition) is 2. The molecule has 0 aliphatic heterocycles. The molecule has 11 heteroatoms. The molecule has 2 unspecified atom stereocenters. The van der Waals surface area contributed by atoms with Gasteiger partial charge in [-0.15, -0.1) is 0 Å². The van der Waals surface area contributed by atoms with Crippen molar-refractivity contribution >= 4 is 19.8 Å². The number of carbonyl (C=O) groups excluding carboxylic acids is 2. The number of likely N-dealkylation sites (N-methyl/N-ethyl adjacent to an activating group) is 1. The summed E-state index contributed by atoms with van der Waals surface area (Å²) in [5.74, 6) is -0.946. The van der Waals surface area contributed by atoms with Crippen molar-refractivity contribution in [1.29, 1.82) is 0 Å². The van der Waals surface area contributed by atoms with Gasteiger partial charge in [-0.05, 0) is 89.9 Å². The van der Waals surface area contributed by atoms with Crippen molar-refractivity contribution in [1.82, 2.24) is 0 Å². The van der Waals surface area contributed by atoms with Gasteiger partial charge in [0.05, 0.1) is 33.9 Å². The Balaban J connectivity index is 4.60. The molecular weight excluding hydrogens is 741 g/mol. The van der Waals surface area contributed by atoms with Crippen molar-refractivity contribution in [3.05, 3.63) is 97.2 Å². The van der Waals surface area contributed by atoms with E-state index >= 15 is 0 Å². The predicted octanol–water partition coefficient (Wildman–Crippen LogP) is 10.8. The summed E-state index contributed by atoms with van der Waals surface area (Å²) < 4.78 is 34.1. The minimum absolute atomic E-state index is 0.00213. The van der Waals surface area contributed by atoms with Gasteiger partial charge in [-0.3, -0.25) is 18.6 Å². The predicted molar refractivity (Wildman–Crippen MR) is 234 cm³/mol. The molecule has 0 saturated carbocycles. The monoisotopic (exact) mass is 819 g/mol. The van der Waals surface area contributed by atoms with Gasteiger partial charge in [-0.2, -0.15) is 0 Å². The molecule has 0 heterocycles. The van der Waals surface area contributed by atoms with E-state index in [-0.39, 0.29) is 32.2 Å². The van der Waals surface area contributed by atoms with E-state index in [1.54, 1.807) is 0 Å². The van der Waals surface area contributed by atoms with Crippen LogP contribution in [0.25, 0.3) is 0 Å². The van der Waals surface area contributed by atoms with Crippen LogP contribution in [-0.4, -0.2) is 86.1 Å². The Morgan fingerprint density at radius 2 is 1.12 bits per heavy atom. The summed E-state index contributed by atoms with van der Waals surface area (Å²) in [4.78, 5) is 35.3. The summed E-state index contributed by atoms with van der Waals surface area (Å²) in [7, 11) is 1.37. The first-order valence-electron chi connectivity index (χ1n) is 21.0. The fourth-order valence-corrected chi connectivity index (χ4v) is 5.63. The molecule has 0 aromatic rings. The van der Waals surface area contributed by atoms with Crippen LogP contribution in [0.2, 0.25) is 0 Å². The van der Waals surface area contributed by atoms with Crippen molar-refractivity contribution < 1.29 is 47.2 Å². The van der Waals surface area contributed by atoms with E-state index in [0.717, 1.165) is 70.6 Å². The number of hydrogen-bond acceptors (Lipinski definition) is 8. The van der Waals surface area contributed by atoms with E-state index in [1.165, 1.54) is 0 Å². The Hall–Kier alpha value is -3.11. The highest BCUT2D eigenvalue weighted by atomic mass is 31.2. The first kappa shape index (κ1) is 53.9. The second kappa shape index (κ2) is 37.2. The minimum Gasteiger partial charge on any atom is -0.462 e. The molecule has 0 saturated heterocycles. The second-order valence-corrected chi connectivity index (χ2v) is 16.3. The quantitative estimate of drug-likeness (QED) is 0.0209.